The van der Waals surface area contributed by atoms with Gasteiger partial charge < -0.3 is 19.3 Å². The zero-order valence-electron chi connectivity index (χ0n) is 18.6. The molecule has 0 radical (unpaired) electrons. The second kappa shape index (κ2) is 8.09. The number of hydrogen-bond acceptors (Lipinski definition) is 7. The summed E-state index contributed by atoms with van der Waals surface area (Å²) < 4.78 is 13.7. The Bertz CT molecular complexity index is 1050. The van der Waals surface area contributed by atoms with Crippen LogP contribution in [0.25, 0.3) is 17.0 Å². The minimum atomic E-state index is 0.116. The van der Waals surface area contributed by atoms with Crippen molar-refractivity contribution in [2.75, 3.05) is 36.1 Å². The van der Waals surface area contributed by atoms with Gasteiger partial charge in [-0.3, -0.25) is 4.57 Å². The van der Waals surface area contributed by atoms with Crippen molar-refractivity contribution in [3.8, 4) is 5.95 Å². The van der Waals surface area contributed by atoms with Crippen LogP contribution in [0.5, 0.6) is 0 Å². The lowest BCUT2D eigenvalue weighted by atomic mass is 10.0. The van der Waals surface area contributed by atoms with E-state index in [2.05, 4.69) is 54.6 Å². The smallest absolute Gasteiger partial charge is 0.239 e. The molecule has 4 heterocycles. The third kappa shape index (κ3) is 3.64. The van der Waals surface area contributed by atoms with Gasteiger partial charge in [0, 0.05) is 19.2 Å². The van der Waals surface area contributed by atoms with E-state index in [0.29, 0.717) is 19.2 Å². The lowest BCUT2D eigenvalue weighted by Crippen LogP contribution is -2.57. The van der Waals surface area contributed by atoms with Crippen molar-refractivity contribution in [1.82, 2.24) is 19.5 Å². The first-order valence-corrected chi connectivity index (χ1v) is 11.1. The van der Waals surface area contributed by atoms with Crippen LogP contribution in [0.3, 0.4) is 0 Å². The van der Waals surface area contributed by atoms with E-state index in [1.807, 2.05) is 29.1 Å². The largest absolute Gasteiger partial charge is 0.378 e. The Balaban J connectivity index is 1.64. The number of anilines is 2. The van der Waals surface area contributed by atoms with Crippen LogP contribution < -0.4 is 9.80 Å². The Labute approximate surface area is 182 Å². The van der Waals surface area contributed by atoms with Gasteiger partial charge in [0.2, 0.25) is 5.95 Å². The van der Waals surface area contributed by atoms with Gasteiger partial charge in [-0.05, 0) is 39.8 Å². The maximum atomic E-state index is 6.14. The van der Waals surface area contributed by atoms with Crippen molar-refractivity contribution in [1.29, 1.82) is 0 Å². The number of morpholine rings is 2. The molecule has 31 heavy (non-hydrogen) atoms. The van der Waals surface area contributed by atoms with Crippen molar-refractivity contribution in [3.63, 3.8) is 0 Å². The van der Waals surface area contributed by atoms with Gasteiger partial charge in [-0.2, -0.15) is 9.97 Å². The summed E-state index contributed by atoms with van der Waals surface area (Å²) in [7, 11) is 0. The standard InChI is InChI=1S/C23H30N6O2/c1-15-17(3)31-18(4)16(2)29(15)22-13-21(27-9-11-30-12-10-27)25-23(26-22)28-14-24-19-7-5-6-8-20(19)28/h5-8,13-18H,9-12H2,1-4H3. The van der Waals surface area contributed by atoms with E-state index in [1.54, 1.807) is 0 Å². The molecule has 3 aromatic rings. The summed E-state index contributed by atoms with van der Waals surface area (Å²) in [6, 6.07) is 10.6. The molecule has 0 bridgehead atoms. The van der Waals surface area contributed by atoms with Gasteiger partial charge >= 0.3 is 0 Å². The molecule has 0 aliphatic carbocycles. The summed E-state index contributed by atoms with van der Waals surface area (Å²) in [4.78, 5) is 19.2. The van der Waals surface area contributed by atoms with Crippen LogP contribution >= 0.6 is 0 Å². The van der Waals surface area contributed by atoms with Crippen molar-refractivity contribution >= 4 is 22.7 Å². The summed E-state index contributed by atoms with van der Waals surface area (Å²) in [5, 5.41) is 0. The predicted octanol–water partition coefficient (Wildman–Crippen LogP) is 3.04. The first-order valence-electron chi connectivity index (χ1n) is 11.1. The number of imidazole rings is 1. The Morgan fingerprint density at radius 3 is 2.32 bits per heavy atom. The highest BCUT2D eigenvalue weighted by atomic mass is 16.5. The highest BCUT2D eigenvalue weighted by Crippen LogP contribution is 2.31. The first kappa shape index (κ1) is 20.2. The van der Waals surface area contributed by atoms with Gasteiger partial charge in [0.05, 0.1) is 48.5 Å². The Morgan fingerprint density at radius 1 is 0.903 bits per heavy atom. The molecule has 8 nitrogen and oxygen atoms in total. The predicted molar refractivity (Wildman–Crippen MR) is 121 cm³/mol. The quantitative estimate of drug-likeness (QED) is 0.643. The molecule has 4 unspecified atom stereocenters. The number of hydrogen-bond donors (Lipinski definition) is 0. The van der Waals surface area contributed by atoms with E-state index < -0.39 is 0 Å². The van der Waals surface area contributed by atoms with Gasteiger partial charge in [0.1, 0.15) is 18.0 Å². The second-order valence-corrected chi connectivity index (χ2v) is 8.52. The fourth-order valence-corrected chi connectivity index (χ4v) is 4.53. The topological polar surface area (TPSA) is 68.5 Å². The summed E-state index contributed by atoms with van der Waals surface area (Å²) in [6.07, 6.45) is 2.04. The molecule has 5 rings (SSSR count). The summed E-state index contributed by atoms with van der Waals surface area (Å²) >= 11 is 0. The normalized spacial score (nSPS) is 27.1. The number of para-hydroxylation sites is 2. The number of aromatic nitrogens is 4. The van der Waals surface area contributed by atoms with Crippen LogP contribution in [0.2, 0.25) is 0 Å². The fraction of sp³-hybridized carbons (Fsp3) is 0.522. The molecule has 2 aliphatic heterocycles. The molecule has 0 amide bonds. The number of rotatable bonds is 3. The van der Waals surface area contributed by atoms with Crippen LogP contribution in [-0.2, 0) is 9.47 Å². The van der Waals surface area contributed by atoms with Gasteiger partial charge in [-0.25, -0.2) is 4.98 Å². The van der Waals surface area contributed by atoms with Crippen LogP contribution in [0.4, 0.5) is 11.6 Å². The van der Waals surface area contributed by atoms with Crippen LogP contribution in [0.15, 0.2) is 36.7 Å². The van der Waals surface area contributed by atoms with Gasteiger partial charge in [0.25, 0.3) is 0 Å². The third-order valence-corrected chi connectivity index (χ3v) is 6.62. The SMILES string of the molecule is CC1OC(C)C(C)N(c2cc(N3CCOCC3)nc(-n3cnc4ccccc43)n2)C1C. The van der Waals surface area contributed by atoms with Crippen molar-refractivity contribution in [2.45, 2.75) is 52.0 Å². The van der Waals surface area contributed by atoms with Crippen molar-refractivity contribution < 1.29 is 9.47 Å². The van der Waals surface area contributed by atoms with E-state index in [-0.39, 0.29) is 24.3 Å². The van der Waals surface area contributed by atoms with Crippen LogP contribution in [0.1, 0.15) is 27.7 Å². The van der Waals surface area contributed by atoms with Gasteiger partial charge in [0.15, 0.2) is 0 Å². The number of benzene rings is 1. The summed E-state index contributed by atoms with van der Waals surface area (Å²) in [5.74, 6) is 2.48. The molecular formula is C23H30N6O2. The van der Waals surface area contributed by atoms with E-state index in [4.69, 9.17) is 19.4 Å². The second-order valence-electron chi connectivity index (χ2n) is 8.52. The molecular weight excluding hydrogens is 392 g/mol. The zero-order valence-corrected chi connectivity index (χ0v) is 18.6. The van der Waals surface area contributed by atoms with Gasteiger partial charge in [-0.15, -0.1) is 0 Å². The highest BCUT2D eigenvalue weighted by molar-refractivity contribution is 5.76. The minimum absolute atomic E-state index is 0.116. The summed E-state index contributed by atoms with van der Waals surface area (Å²) in [6.45, 7) is 11.7. The molecule has 2 fully saturated rings. The average Bonchev–Trinajstić information content (AvgIpc) is 3.23. The Hall–Kier alpha value is -2.71. The zero-order chi connectivity index (χ0) is 21.5. The van der Waals surface area contributed by atoms with E-state index >= 15 is 0 Å². The third-order valence-electron chi connectivity index (χ3n) is 6.62. The van der Waals surface area contributed by atoms with E-state index in [1.165, 1.54) is 0 Å². The molecule has 2 saturated heterocycles. The number of nitrogens with zero attached hydrogens (tertiary/aromatic N) is 6. The van der Waals surface area contributed by atoms with E-state index in [9.17, 15) is 0 Å². The lowest BCUT2D eigenvalue weighted by Gasteiger charge is -2.47. The molecule has 164 valence electrons. The highest BCUT2D eigenvalue weighted by Gasteiger charge is 2.36. The monoisotopic (exact) mass is 422 g/mol. The lowest BCUT2D eigenvalue weighted by molar-refractivity contribution is -0.0462. The van der Waals surface area contributed by atoms with Crippen LogP contribution in [-0.4, -0.2) is 70.1 Å². The molecule has 1 aromatic carbocycles. The summed E-state index contributed by atoms with van der Waals surface area (Å²) in [5.41, 5.74) is 1.93. The molecule has 2 aromatic heterocycles. The molecule has 2 aliphatic rings. The van der Waals surface area contributed by atoms with Crippen molar-refractivity contribution in [3.05, 3.63) is 36.7 Å². The molecule has 8 heteroatoms. The molecule has 0 saturated carbocycles. The maximum absolute atomic E-state index is 6.14. The first-order chi connectivity index (χ1) is 15.0. The maximum Gasteiger partial charge on any atom is 0.239 e. The average molecular weight is 423 g/mol. The fourth-order valence-electron chi connectivity index (χ4n) is 4.53. The molecule has 4 atom stereocenters. The Morgan fingerprint density at radius 2 is 1.58 bits per heavy atom. The van der Waals surface area contributed by atoms with Gasteiger partial charge in [-0.1, -0.05) is 12.1 Å². The minimum Gasteiger partial charge on any atom is -0.378 e. The van der Waals surface area contributed by atoms with E-state index in [0.717, 1.165) is 35.8 Å². The number of fused-ring (bicyclic) bond motifs is 1. The Kier molecular flexibility index (Phi) is 5.27. The molecule has 0 spiro atoms. The van der Waals surface area contributed by atoms with Crippen molar-refractivity contribution in [2.24, 2.45) is 0 Å². The number of ether oxygens (including phenoxy) is 2. The molecule has 0 N–H and O–H groups in total. The van der Waals surface area contributed by atoms with Crippen LogP contribution in [0, 0.1) is 0 Å².